The van der Waals surface area contributed by atoms with Gasteiger partial charge in [0.15, 0.2) is 0 Å². The molecule has 0 N–H and O–H groups in total. The van der Waals surface area contributed by atoms with Crippen LogP contribution in [-0.4, -0.2) is 9.55 Å². The van der Waals surface area contributed by atoms with Gasteiger partial charge in [0.1, 0.15) is 0 Å². The molecule has 0 fully saturated rings. The number of rotatable bonds is 2. The van der Waals surface area contributed by atoms with E-state index in [9.17, 15) is 4.79 Å². The highest BCUT2D eigenvalue weighted by Crippen LogP contribution is 2.04. The van der Waals surface area contributed by atoms with E-state index in [4.69, 9.17) is 6.42 Å². The summed E-state index contributed by atoms with van der Waals surface area (Å²) < 4.78 is 1.46. The molecule has 3 nitrogen and oxygen atoms in total. The number of nitrogens with zero attached hydrogens (tertiary/aromatic N) is 2. The molecule has 0 radical (unpaired) electrons. The Hall–Kier alpha value is -1.56. The maximum Gasteiger partial charge on any atom is 0.254 e. The lowest BCUT2D eigenvalue weighted by Gasteiger charge is -2.09. The van der Waals surface area contributed by atoms with E-state index in [0.29, 0.717) is 0 Å². The van der Waals surface area contributed by atoms with Crippen molar-refractivity contribution < 1.29 is 0 Å². The van der Waals surface area contributed by atoms with Crippen LogP contribution >= 0.6 is 0 Å². The molecule has 3 heteroatoms. The molecule has 1 aromatic heterocycles. The summed E-state index contributed by atoms with van der Waals surface area (Å²) in [5, 5.41) is 0. The SMILES string of the molecule is C#CC(CC)n1cnccc1=O. The molecule has 1 heterocycles. The van der Waals surface area contributed by atoms with Crippen molar-refractivity contribution in [1.29, 1.82) is 0 Å². The minimum absolute atomic E-state index is 0.102. The molecule has 0 saturated heterocycles. The lowest BCUT2D eigenvalue weighted by atomic mass is 10.2. The van der Waals surface area contributed by atoms with Gasteiger partial charge < -0.3 is 0 Å². The van der Waals surface area contributed by atoms with E-state index in [1.54, 1.807) is 0 Å². The summed E-state index contributed by atoms with van der Waals surface area (Å²) in [6, 6.07) is 1.23. The number of hydrogen-bond donors (Lipinski definition) is 0. The summed E-state index contributed by atoms with van der Waals surface area (Å²) in [6.07, 6.45) is 8.91. The largest absolute Gasteiger partial charge is 0.285 e. The van der Waals surface area contributed by atoms with Gasteiger partial charge in [-0.15, -0.1) is 6.42 Å². The van der Waals surface area contributed by atoms with Crippen molar-refractivity contribution in [1.82, 2.24) is 9.55 Å². The fourth-order valence-electron chi connectivity index (χ4n) is 0.989. The summed E-state index contributed by atoms with van der Waals surface area (Å²) in [7, 11) is 0. The molecule has 0 bridgehead atoms. The third-order valence-electron chi connectivity index (χ3n) is 1.66. The molecule has 0 aromatic carbocycles. The summed E-state index contributed by atoms with van der Waals surface area (Å²) in [5.74, 6) is 2.53. The Morgan fingerprint density at radius 2 is 2.58 bits per heavy atom. The van der Waals surface area contributed by atoms with E-state index >= 15 is 0 Å². The molecule has 0 saturated carbocycles. The first kappa shape index (κ1) is 8.54. The van der Waals surface area contributed by atoms with Crippen molar-refractivity contribution >= 4 is 0 Å². The van der Waals surface area contributed by atoms with E-state index < -0.39 is 0 Å². The third-order valence-corrected chi connectivity index (χ3v) is 1.66. The van der Waals surface area contributed by atoms with Gasteiger partial charge in [-0.3, -0.25) is 9.36 Å². The van der Waals surface area contributed by atoms with Crippen LogP contribution in [0.2, 0.25) is 0 Å². The zero-order chi connectivity index (χ0) is 8.97. The van der Waals surface area contributed by atoms with E-state index in [2.05, 4.69) is 10.9 Å². The summed E-state index contributed by atoms with van der Waals surface area (Å²) in [4.78, 5) is 15.0. The maximum absolute atomic E-state index is 11.2. The zero-order valence-corrected chi connectivity index (χ0v) is 6.90. The van der Waals surface area contributed by atoms with Crippen molar-refractivity contribution in [2.75, 3.05) is 0 Å². The van der Waals surface area contributed by atoms with Gasteiger partial charge >= 0.3 is 0 Å². The van der Waals surface area contributed by atoms with E-state index in [-0.39, 0.29) is 11.6 Å². The Balaban J connectivity index is 3.11. The molecular formula is C9H10N2O. The van der Waals surface area contributed by atoms with Crippen LogP contribution < -0.4 is 5.56 Å². The van der Waals surface area contributed by atoms with Crippen LogP contribution in [0.1, 0.15) is 19.4 Å². The van der Waals surface area contributed by atoms with E-state index in [0.717, 1.165) is 6.42 Å². The number of hydrogen-bond acceptors (Lipinski definition) is 2. The van der Waals surface area contributed by atoms with Crippen molar-refractivity contribution in [3.8, 4) is 12.3 Å². The first-order chi connectivity index (χ1) is 5.79. The Morgan fingerprint density at radius 1 is 1.83 bits per heavy atom. The van der Waals surface area contributed by atoms with Crippen molar-refractivity contribution in [3.05, 3.63) is 28.9 Å². The molecule has 1 atom stereocenters. The van der Waals surface area contributed by atoms with Gasteiger partial charge in [-0.05, 0) is 6.42 Å². The molecule has 0 aliphatic rings. The molecule has 12 heavy (non-hydrogen) atoms. The van der Waals surface area contributed by atoms with Crippen LogP contribution in [0.3, 0.4) is 0 Å². The molecule has 1 aromatic rings. The summed E-state index contributed by atoms with van der Waals surface area (Å²) >= 11 is 0. The van der Waals surface area contributed by atoms with Crippen LogP contribution in [-0.2, 0) is 0 Å². The molecule has 0 amide bonds. The second-order valence-corrected chi connectivity index (χ2v) is 2.42. The highest BCUT2D eigenvalue weighted by atomic mass is 16.1. The Morgan fingerprint density at radius 3 is 3.08 bits per heavy atom. The van der Waals surface area contributed by atoms with Gasteiger partial charge in [0.2, 0.25) is 0 Å². The number of aromatic nitrogens is 2. The topological polar surface area (TPSA) is 34.9 Å². The fourth-order valence-corrected chi connectivity index (χ4v) is 0.989. The lowest BCUT2D eigenvalue weighted by Crippen LogP contribution is -2.22. The van der Waals surface area contributed by atoms with Gasteiger partial charge in [-0.1, -0.05) is 12.8 Å². The van der Waals surface area contributed by atoms with Gasteiger partial charge in [0.25, 0.3) is 5.56 Å². The normalized spacial score (nSPS) is 12.0. The van der Waals surface area contributed by atoms with E-state index in [1.807, 2.05) is 6.92 Å². The predicted octanol–water partition coefficient (Wildman–Crippen LogP) is 0.828. The highest BCUT2D eigenvalue weighted by molar-refractivity contribution is 4.99. The average Bonchev–Trinajstić information content (AvgIpc) is 2.10. The van der Waals surface area contributed by atoms with Gasteiger partial charge in [0, 0.05) is 12.3 Å². The third kappa shape index (κ3) is 1.54. The van der Waals surface area contributed by atoms with Gasteiger partial charge in [-0.25, -0.2) is 4.98 Å². The lowest BCUT2D eigenvalue weighted by molar-refractivity contribution is 0.573. The Labute approximate surface area is 71.1 Å². The molecule has 0 aliphatic heterocycles. The first-order valence-corrected chi connectivity index (χ1v) is 3.78. The Kier molecular flexibility index (Phi) is 2.65. The van der Waals surface area contributed by atoms with Crippen molar-refractivity contribution in [2.45, 2.75) is 19.4 Å². The number of terminal acetylenes is 1. The van der Waals surface area contributed by atoms with Crippen molar-refractivity contribution in [2.24, 2.45) is 0 Å². The summed E-state index contributed by atoms with van der Waals surface area (Å²) in [6.45, 7) is 1.93. The van der Waals surface area contributed by atoms with Crippen molar-refractivity contribution in [3.63, 3.8) is 0 Å². The second kappa shape index (κ2) is 3.72. The molecule has 62 valence electrons. The Bertz CT molecular complexity index is 348. The maximum atomic E-state index is 11.2. The van der Waals surface area contributed by atoms with Gasteiger partial charge in [-0.2, -0.15) is 0 Å². The first-order valence-electron chi connectivity index (χ1n) is 3.78. The highest BCUT2D eigenvalue weighted by Gasteiger charge is 2.04. The standard InChI is InChI=1S/C9H10N2O/c1-3-8(4-2)11-7-10-6-5-9(11)12/h1,5-8H,4H2,2H3. The quantitative estimate of drug-likeness (QED) is 0.604. The smallest absolute Gasteiger partial charge is 0.254 e. The molecular weight excluding hydrogens is 152 g/mol. The molecule has 1 unspecified atom stereocenters. The van der Waals surface area contributed by atoms with Crippen LogP contribution in [0.25, 0.3) is 0 Å². The summed E-state index contributed by atoms with van der Waals surface area (Å²) in [5.41, 5.74) is -0.102. The van der Waals surface area contributed by atoms with E-state index in [1.165, 1.54) is 23.2 Å². The molecule has 1 rings (SSSR count). The molecule has 0 spiro atoms. The van der Waals surface area contributed by atoms with Crippen LogP contribution in [0.5, 0.6) is 0 Å². The minimum atomic E-state index is -0.175. The zero-order valence-electron chi connectivity index (χ0n) is 6.90. The average molecular weight is 162 g/mol. The predicted molar refractivity (Wildman–Crippen MR) is 46.7 cm³/mol. The van der Waals surface area contributed by atoms with Crippen LogP contribution in [0.4, 0.5) is 0 Å². The van der Waals surface area contributed by atoms with Gasteiger partial charge in [0.05, 0.1) is 12.4 Å². The second-order valence-electron chi connectivity index (χ2n) is 2.42. The van der Waals surface area contributed by atoms with Crippen LogP contribution in [0.15, 0.2) is 23.4 Å². The monoisotopic (exact) mass is 162 g/mol. The fraction of sp³-hybridized carbons (Fsp3) is 0.333. The minimum Gasteiger partial charge on any atom is -0.285 e. The van der Waals surface area contributed by atoms with Crippen LogP contribution in [0, 0.1) is 12.3 Å². The molecule has 0 aliphatic carbocycles.